The average Bonchev–Trinajstić information content (AvgIpc) is 2.66. The van der Waals surface area contributed by atoms with Crippen LogP contribution in [0.4, 0.5) is 0 Å². The molecule has 2 rings (SSSR count). The van der Waals surface area contributed by atoms with Crippen LogP contribution in [0, 0.1) is 11.8 Å². The van der Waals surface area contributed by atoms with Gasteiger partial charge >= 0.3 is 0 Å². The molecule has 1 aliphatic heterocycles. The highest BCUT2D eigenvalue weighted by Gasteiger charge is 2.24. The minimum absolute atomic E-state index is 0. The number of ether oxygens (including phenoxy) is 1. The minimum atomic E-state index is -0.547. The molecular weight excluding hydrogens is 366 g/mol. The van der Waals surface area contributed by atoms with Gasteiger partial charge in [-0.3, -0.25) is 9.59 Å². The van der Waals surface area contributed by atoms with Crippen LogP contribution in [0.25, 0.3) is 0 Å². The zero-order chi connectivity index (χ0) is 18.9. The summed E-state index contributed by atoms with van der Waals surface area (Å²) in [6.45, 7) is 6.63. The molecule has 1 fully saturated rings. The van der Waals surface area contributed by atoms with Crippen molar-refractivity contribution >= 4 is 24.2 Å². The molecule has 1 saturated heterocycles. The highest BCUT2D eigenvalue weighted by molar-refractivity contribution is 5.97. The fourth-order valence-corrected chi connectivity index (χ4v) is 3.18. The molecule has 152 valence electrons. The molecule has 2 unspecified atom stereocenters. The second-order valence-electron chi connectivity index (χ2n) is 7.22. The number of methoxy groups -OCH3 is 1. The van der Waals surface area contributed by atoms with Crippen molar-refractivity contribution in [3.63, 3.8) is 0 Å². The Morgan fingerprint density at radius 2 is 1.96 bits per heavy atom. The van der Waals surface area contributed by atoms with E-state index in [0.717, 1.165) is 19.5 Å². The number of hydrogen-bond donors (Lipinski definition) is 3. The number of carbonyl (C=O) groups excluding carboxylic acids is 2. The quantitative estimate of drug-likeness (QED) is 0.629. The molecule has 1 aromatic rings. The van der Waals surface area contributed by atoms with E-state index in [0.29, 0.717) is 23.8 Å². The van der Waals surface area contributed by atoms with Crippen molar-refractivity contribution < 1.29 is 14.3 Å². The second-order valence-corrected chi connectivity index (χ2v) is 7.22. The molecule has 0 radical (unpaired) electrons. The maximum Gasteiger partial charge on any atom is 0.251 e. The molecule has 6 nitrogen and oxygen atoms in total. The molecule has 0 aromatic heterocycles. The Hall–Kier alpha value is -1.79. The van der Waals surface area contributed by atoms with Crippen LogP contribution in [0.5, 0.6) is 5.75 Å². The minimum Gasteiger partial charge on any atom is -0.497 e. The summed E-state index contributed by atoms with van der Waals surface area (Å²) < 4.78 is 5.10. The molecule has 0 aliphatic carbocycles. The smallest absolute Gasteiger partial charge is 0.251 e. The Bertz CT molecular complexity index is 587. The van der Waals surface area contributed by atoms with Crippen molar-refractivity contribution in [2.75, 3.05) is 26.7 Å². The normalized spacial score (nSPS) is 17.6. The lowest BCUT2D eigenvalue weighted by molar-refractivity contribution is -0.124. The summed E-state index contributed by atoms with van der Waals surface area (Å²) in [5.74, 6) is 0.949. The first-order valence-electron chi connectivity index (χ1n) is 9.44. The van der Waals surface area contributed by atoms with E-state index in [-0.39, 0.29) is 30.1 Å². The third-order valence-corrected chi connectivity index (χ3v) is 4.84. The van der Waals surface area contributed by atoms with Gasteiger partial charge in [-0.2, -0.15) is 0 Å². The van der Waals surface area contributed by atoms with E-state index in [4.69, 9.17) is 4.74 Å². The largest absolute Gasteiger partial charge is 0.497 e. The van der Waals surface area contributed by atoms with Crippen LogP contribution in [0.15, 0.2) is 24.3 Å². The lowest BCUT2D eigenvalue weighted by atomic mass is 9.96. The monoisotopic (exact) mass is 397 g/mol. The maximum atomic E-state index is 12.5. The zero-order valence-electron chi connectivity index (χ0n) is 16.4. The summed E-state index contributed by atoms with van der Waals surface area (Å²) in [5, 5.41) is 9.23. The summed E-state index contributed by atoms with van der Waals surface area (Å²) in [5.41, 5.74) is 0.512. The number of hydrogen-bond acceptors (Lipinski definition) is 4. The van der Waals surface area contributed by atoms with Gasteiger partial charge < -0.3 is 20.7 Å². The summed E-state index contributed by atoms with van der Waals surface area (Å²) in [6.07, 6.45) is 3.38. The summed E-state index contributed by atoms with van der Waals surface area (Å²) in [4.78, 5) is 25.0. The Morgan fingerprint density at radius 1 is 1.26 bits per heavy atom. The third-order valence-electron chi connectivity index (χ3n) is 4.84. The van der Waals surface area contributed by atoms with Crippen molar-refractivity contribution in [2.45, 2.75) is 39.2 Å². The van der Waals surface area contributed by atoms with E-state index in [1.807, 2.05) is 13.8 Å². The molecule has 1 heterocycles. The van der Waals surface area contributed by atoms with E-state index in [2.05, 4.69) is 16.0 Å². The lowest BCUT2D eigenvalue weighted by Gasteiger charge is -2.24. The predicted molar refractivity (Wildman–Crippen MR) is 110 cm³/mol. The number of amides is 2. The van der Waals surface area contributed by atoms with E-state index in [1.54, 1.807) is 31.4 Å². The van der Waals surface area contributed by atoms with E-state index in [1.165, 1.54) is 12.8 Å². The van der Waals surface area contributed by atoms with Crippen molar-refractivity contribution in [1.29, 1.82) is 0 Å². The molecule has 0 spiro atoms. The summed E-state index contributed by atoms with van der Waals surface area (Å²) in [6, 6.07) is 6.31. The third kappa shape index (κ3) is 7.39. The molecule has 1 aliphatic rings. The predicted octanol–water partition coefficient (Wildman–Crippen LogP) is 2.38. The van der Waals surface area contributed by atoms with Gasteiger partial charge in [-0.25, -0.2) is 0 Å². The first-order chi connectivity index (χ1) is 12.5. The van der Waals surface area contributed by atoms with Crippen molar-refractivity contribution in [1.82, 2.24) is 16.0 Å². The van der Waals surface area contributed by atoms with Crippen LogP contribution >= 0.6 is 12.4 Å². The van der Waals surface area contributed by atoms with Gasteiger partial charge in [0.2, 0.25) is 5.91 Å². The SMILES string of the molecule is COc1ccc(C(=O)NC(C(=O)NCCC2CCCNC2)C(C)C)cc1.Cl. The molecule has 0 bridgehead atoms. The van der Waals surface area contributed by atoms with Gasteiger partial charge in [0.25, 0.3) is 5.91 Å². The van der Waals surface area contributed by atoms with Crippen molar-refractivity contribution in [3.8, 4) is 5.75 Å². The molecule has 3 N–H and O–H groups in total. The van der Waals surface area contributed by atoms with Crippen molar-refractivity contribution in [2.24, 2.45) is 11.8 Å². The Labute approximate surface area is 168 Å². The highest BCUT2D eigenvalue weighted by atomic mass is 35.5. The fourth-order valence-electron chi connectivity index (χ4n) is 3.18. The van der Waals surface area contributed by atoms with E-state index < -0.39 is 6.04 Å². The number of rotatable bonds is 8. The Morgan fingerprint density at radius 3 is 2.52 bits per heavy atom. The first kappa shape index (κ1) is 23.2. The average molecular weight is 398 g/mol. The van der Waals surface area contributed by atoms with E-state index in [9.17, 15) is 9.59 Å². The maximum absolute atomic E-state index is 12.5. The number of halogens is 1. The number of nitrogens with one attached hydrogen (secondary N) is 3. The van der Waals surface area contributed by atoms with Gasteiger partial charge in [0.1, 0.15) is 11.8 Å². The Kier molecular flexibility index (Phi) is 10.2. The van der Waals surface area contributed by atoms with Crippen molar-refractivity contribution in [3.05, 3.63) is 29.8 Å². The Balaban J connectivity index is 0.00000364. The topological polar surface area (TPSA) is 79.5 Å². The first-order valence-corrected chi connectivity index (χ1v) is 9.44. The zero-order valence-corrected chi connectivity index (χ0v) is 17.2. The number of carbonyl (C=O) groups is 2. The van der Waals surface area contributed by atoms with Gasteiger partial charge in [0, 0.05) is 12.1 Å². The van der Waals surface area contributed by atoms with Gasteiger partial charge in [-0.05, 0) is 68.5 Å². The van der Waals surface area contributed by atoms with Gasteiger partial charge in [0.15, 0.2) is 0 Å². The van der Waals surface area contributed by atoms with Crippen LogP contribution in [0.3, 0.4) is 0 Å². The van der Waals surface area contributed by atoms with Crippen LogP contribution < -0.4 is 20.7 Å². The van der Waals surface area contributed by atoms with E-state index >= 15 is 0 Å². The van der Waals surface area contributed by atoms with Gasteiger partial charge in [-0.1, -0.05) is 13.8 Å². The standard InChI is InChI=1S/C20H31N3O3.ClH/c1-14(2)18(20(25)22-12-10-15-5-4-11-21-13-15)23-19(24)16-6-8-17(26-3)9-7-16;/h6-9,14-15,18,21H,4-5,10-13H2,1-3H3,(H,22,25)(H,23,24);1H. The molecular formula is C20H32ClN3O3. The molecule has 7 heteroatoms. The molecule has 1 aromatic carbocycles. The molecule has 2 atom stereocenters. The molecule has 0 saturated carbocycles. The summed E-state index contributed by atoms with van der Waals surface area (Å²) >= 11 is 0. The van der Waals surface area contributed by atoms with Crippen LogP contribution in [-0.2, 0) is 4.79 Å². The lowest BCUT2D eigenvalue weighted by Crippen LogP contribution is -2.50. The van der Waals surface area contributed by atoms with Gasteiger partial charge in [-0.15, -0.1) is 12.4 Å². The second kappa shape index (κ2) is 11.8. The molecule has 2 amide bonds. The highest BCUT2D eigenvalue weighted by Crippen LogP contribution is 2.14. The van der Waals surface area contributed by atoms with Crippen LogP contribution in [0.2, 0.25) is 0 Å². The molecule has 27 heavy (non-hydrogen) atoms. The number of piperidine rings is 1. The van der Waals surface area contributed by atoms with Crippen LogP contribution in [-0.4, -0.2) is 44.6 Å². The van der Waals surface area contributed by atoms with Crippen LogP contribution in [0.1, 0.15) is 43.5 Å². The number of benzene rings is 1. The summed E-state index contributed by atoms with van der Waals surface area (Å²) in [7, 11) is 1.58. The van der Waals surface area contributed by atoms with Gasteiger partial charge in [0.05, 0.1) is 7.11 Å². The fraction of sp³-hybridized carbons (Fsp3) is 0.600.